The van der Waals surface area contributed by atoms with Crippen molar-refractivity contribution in [1.29, 1.82) is 0 Å². The zero-order valence-electron chi connectivity index (χ0n) is 12.0. The van der Waals surface area contributed by atoms with Gasteiger partial charge in [-0.3, -0.25) is 14.4 Å². The van der Waals surface area contributed by atoms with E-state index in [-0.39, 0.29) is 31.2 Å². The summed E-state index contributed by atoms with van der Waals surface area (Å²) in [7, 11) is 2.79. The predicted molar refractivity (Wildman–Crippen MR) is 73.8 cm³/mol. The van der Waals surface area contributed by atoms with Crippen molar-refractivity contribution >= 4 is 17.7 Å². The maximum absolute atomic E-state index is 12.2. The number of esters is 1. The molecule has 1 unspecified atom stereocenters. The van der Waals surface area contributed by atoms with E-state index >= 15 is 0 Å². The van der Waals surface area contributed by atoms with Crippen LogP contribution in [0.1, 0.15) is 5.56 Å². The van der Waals surface area contributed by atoms with Crippen molar-refractivity contribution in [1.82, 2.24) is 4.90 Å². The van der Waals surface area contributed by atoms with Crippen molar-refractivity contribution in [2.45, 2.75) is 6.42 Å². The van der Waals surface area contributed by atoms with Gasteiger partial charge in [0.1, 0.15) is 11.7 Å². The number of hydrogen-bond acceptors (Lipinski definition) is 5. The van der Waals surface area contributed by atoms with Gasteiger partial charge in [-0.25, -0.2) is 0 Å². The van der Waals surface area contributed by atoms with E-state index in [1.165, 1.54) is 12.0 Å². The highest BCUT2D eigenvalue weighted by Crippen LogP contribution is 2.18. The summed E-state index contributed by atoms with van der Waals surface area (Å²) in [4.78, 5) is 36.8. The zero-order chi connectivity index (χ0) is 15.4. The van der Waals surface area contributed by atoms with Gasteiger partial charge in [-0.15, -0.1) is 0 Å². The van der Waals surface area contributed by atoms with E-state index in [4.69, 9.17) is 4.74 Å². The molecule has 6 heteroatoms. The lowest BCUT2D eigenvalue weighted by molar-refractivity contribution is -0.147. The zero-order valence-corrected chi connectivity index (χ0v) is 12.0. The van der Waals surface area contributed by atoms with Crippen LogP contribution in [0.5, 0.6) is 5.75 Å². The van der Waals surface area contributed by atoms with E-state index in [0.29, 0.717) is 5.75 Å². The SMILES string of the molecule is COC(=O)C1CN(C(=O)Cc2cccc(OC)c2)CC1=O. The normalized spacial score (nSPS) is 17.7. The number of carbonyl (C=O) groups excluding carboxylic acids is 3. The first-order chi connectivity index (χ1) is 10.0. The third kappa shape index (κ3) is 3.39. The summed E-state index contributed by atoms with van der Waals surface area (Å²) in [6, 6.07) is 7.18. The fourth-order valence-corrected chi connectivity index (χ4v) is 2.29. The first kappa shape index (κ1) is 15.0. The van der Waals surface area contributed by atoms with E-state index in [2.05, 4.69) is 4.74 Å². The number of amides is 1. The first-order valence-electron chi connectivity index (χ1n) is 6.56. The molecule has 1 aromatic carbocycles. The number of hydrogen-bond donors (Lipinski definition) is 0. The summed E-state index contributed by atoms with van der Waals surface area (Å²) in [6.07, 6.45) is 0.165. The molecule has 0 radical (unpaired) electrons. The van der Waals surface area contributed by atoms with Crippen LogP contribution in [-0.4, -0.2) is 49.9 Å². The minimum absolute atomic E-state index is 0.0391. The molecule has 1 aromatic rings. The average molecular weight is 291 g/mol. The molecule has 1 amide bonds. The predicted octanol–water partition coefficient (Wildman–Crippen LogP) is 0.438. The van der Waals surface area contributed by atoms with Crippen molar-refractivity contribution in [2.24, 2.45) is 5.92 Å². The van der Waals surface area contributed by atoms with Crippen LogP contribution in [0.2, 0.25) is 0 Å². The van der Waals surface area contributed by atoms with Crippen molar-refractivity contribution in [3.8, 4) is 5.75 Å². The van der Waals surface area contributed by atoms with Gasteiger partial charge in [-0.2, -0.15) is 0 Å². The second kappa shape index (κ2) is 6.39. The number of Topliss-reactive ketones (excluding diaryl/α,β-unsaturated/α-hetero) is 1. The summed E-state index contributed by atoms with van der Waals surface area (Å²) in [6.45, 7) is 0.0525. The Hall–Kier alpha value is -2.37. The van der Waals surface area contributed by atoms with Crippen LogP contribution in [-0.2, 0) is 25.5 Å². The summed E-state index contributed by atoms with van der Waals surface area (Å²) in [5.41, 5.74) is 0.799. The number of nitrogens with zero attached hydrogens (tertiary/aromatic N) is 1. The summed E-state index contributed by atoms with van der Waals surface area (Å²) < 4.78 is 9.67. The van der Waals surface area contributed by atoms with Crippen LogP contribution in [0.25, 0.3) is 0 Å². The van der Waals surface area contributed by atoms with Gasteiger partial charge in [0.2, 0.25) is 5.91 Å². The van der Waals surface area contributed by atoms with Gasteiger partial charge in [0.15, 0.2) is 5.78 Å². The van der Waals surface area contributed by atoms with Crippen LogP contribution < -0.4 is 4.74 Å². The Bertz CT molecular complexity index is 569. The molecule has 0 aromatic heterocycles. The number of ketones is 1. The molecule has 112 valence electrons. The fourth-order valence-electron chi connectivity index (χ4n) is 2.29. The van der Waals surface area contributed by atoms with E-state index in [9.17, 15) is 14.4 Å². The highest BCUT2D eigenvalue weighted by atomic mass is 16.5. The Morgan fingerprint density at radius 1 is 1.33 bits per heavy atom. The molecule has 0 spiro atoms. The average Bonchev–Trinajstić information content (AvgIpc) is 2.88. The molecular formula is C15H17NO5. The van der Waals surface area contributed by atoms with Gasteiger partial charge >= 0.3 is 5.97 Å². The van der Waals surface area contributed by atoms with Crippen LogP contribution >= 0.6 is 0 Å². The third-order valence-corrected chi connectivity index (χ3v) is 3.47. The number of likely N-dealkylation sites (tertiary alicyclic amines) is 1. The second-order valence-corrected chi connectivity index (χ2v) is 4.84. The van der Waals surface area contributed by atoms with Crippen molar-refractivity contribution < 1.29 is 23.9 Å². The molecule has 1 fully saturated rings. The molecule has 2 rings (SSSR count). The van der Waals surface area contributed by atoms with Gasteiger partial charge in [-0.05, 0) is 17.7 Å². The molecule has 6 nitrogen and oxygen atoms in total. The topological polar surface area (TPSA) is 72.9 Å². The van der Waals surface area contributed by atoms with Crippen molar-refractivity contribution in [3.05, 3.63) is 29.8 Å². The Kier molecular flexibility index (Phi) is 4.57. The largest absolute Gasteiger partial charge is 0.497 e. The minimum Gasteiger partial charge on any atom is -0.497 e. The highest BCUT2D eigenvalue weighted by molar-refractivity contribution is 6.04. The van der Waals surface area contributed by atoms with Crippen molar-refractivity contribution in [3.63, 3.8) is 0 Å². The van der Waals surface area contributed by atoms with Crippen LogP contribution in [0.3, 0.4) is 0 Å². The molecule has 1 heterocycles. The monoisotopic (exact) mass is 291 g/mol. The van der Waals surface area contributed by atoms with Gasteiger partial charge in [-0.1, -0.05) is 12.1 Å². The lowest BCUT2D eigenvalue weighted by atomic mass is 10.1. The Labute approximate surface area is 122 Å². The number of carbonyl (C=O) groups is 3. The van der Waals surface area contributed by atoms with E-state index in [1.807, 2.05) is 6.07 Å². The number of benzene rings is 1. The standard InChI is InChI=1S/C15H17NO5/c1-20-11-5-3-4-10(6-11)7-14(18)16-8-12(13(17)9-16)15(19)21-2/h3-6,12H,7-9H2,1-2H3. The molecule has 0 saturated carbocycles. The van der Waals surface area contributed by atoms with E-state index in [1.54, 1.807) is 25.3 Å². The minimum atomic E-state index is -0.857. The van der Waals surface area contributed by atoms with Crippen LogP contribution in [0.15, 0.2) is 24.3 Å². The molecular weight excluding hydrogens is 274 g/mol. The van der Waals surface area contributed by atoms with Crippen LogP contribution in [0.4, 0.5) is 0 Å². The number of rotatable bonds is 4. The molecule has 1 aliphatic heterocycles. The molecule has 0 N–H and O–H groups in total. The smallest absolute Gasteiger partial charge is 0.318 e. The number of ether oxygens (including phenoxy) is 2. The maximum atomic E-state index is 12.2. The first-order valence-corrected chi connectivity index (χ1v) is 6.56. The van der Waals surface area contributed by atoms with Gasteiger partial charge in [0.05, 0.1) is 27.2 Å². The summed E-state index contributed by atoms with van der Waals surface area (Å²) >= 11 is 0. The summed E-state index contributed by atoms with van der Waals surface area (Å²) in [5.74, 6) is -1.24. The second-order valence-electron chi connectivity index (χ2n) is 4.84. The van der Waals surface area contributed by atoms with E-state index < -0.39 is 11.9 Å². The molecule has 1 aliphatic rings. The highest BCUT2D eigenvalue weighted by Gasteiger charge is 2.38. The van der Waals surface area contributed by atoms with Gasteiger partial charge < -0.3 is 14.4 Å². The molecule has 21 heavy (non-hydrogen) atoms. The fraction of sp³-hybridized carbons (Fsp3) is 0.400. The molecule has 1 saturated heterocycles. The quantitative estimate of drug-likeness (QED) is 0.594. The molecule has 0 bridgehead atoms. The maximum Gasteiger partial charge on any atom is 0.318 e. The number of methoxy groups -OCH3 is 2. The van der Waals surface area contributed by atoms with Crippen molar-refractivity contribution in [2.75, 3.05) is 27.3 Å². The van der Waals surface area contributed by atoms with Gasteiger partial charge in [0, 0.05) is 6.54 Å². The van der Waals surface area contributed by atoms with E-state index in [0.717, 1.165) is 5.56 Å². The van der Waals surface area contributed by atoms with Gasteiger partial charge in [0.25, 0.3) is 0 Å². The Balaban J connectivity index is 2.01. The lowest BCUT2D eigenvalue weighted by Crippen LogP contribution is -2.31. The Morgan fingerprint density at radius 3 is 2.76 bits per heavy atom. The molecule has 0 aliphatic carbocycles. The third-order valence-electron chi connectivity index (χ3n) is 3.47. The summed E-state index contributed by atoms with van der Waals surface area (Å²) in [5, 5.41) is 0. The lowest BCUT2D eigenvalue weighted by Gasteiger charge is -2.15. The Morgan fingerprint density at radius 2 is 2.10 bits per heavy atom. The molecule has 1 atom stereocenters. The van der Waals surface area contributed by atoms with Crippen LogP contribution in [0, 0.1) is 5.92 Å².